The Labute approximate surface area is 195 Å². The Morgan fingerprint density at radius 2 is 1.23 bits per heavy atom. The van der Waals surface area contributed by atoms with Crippen molar-refractivity contribution in [1.82, 2.24) is 0 Å². The molecule has 0 aliphatic carbocycles. The van der Waals surface area contributed by atoms with E-state index >= 15 is 0 Å². The fourth-order valence-corrected chi connectivity index (χ4v) is 36.2. The van der Waals surface area contributed by atoms with Gasteiger partial charge in [-0.25, -0.2) is 0 Å². The van der Waals surface area contributed by atoms with Crippen molar-refractivity contribution in [3.05, 3.63) is 40.3 Å². The van der Waals surface area contributed by atoms with E-state index in [0.717, 1.165) is 5.56 Å². The number of rotatable bonds is 15. The van der Waals surface area contributed by atoms with Crippen molar-refractivity contribution in [2.45, 2.75) is 109 Å². The summed E-state index contributed by atoms with van der Waals surface area (Å²) in [6.07, 6.45) is 8.17. The average molecular weight is 577 g/mol. The number of hydrogen-bond donors (Lipinski definition) is 0. The van der Waals surface area contributed by atoms with Gasteiger partial charge in [-0.1, -0.05) is 0 Å². The minimum absolute atomic E-state index is 0.795. The fourth-order valence-electron chi connectivity index (χ4n) is 4.95. The molecular formula is C27H47GeNSn. The summed E-state index contributed by atoms with van der Waals surface area (Å²) in [6, 6.07) is 11.1. The van der Waals surface area contributed by atoms with Crippen molar-refractivity contribution < 1.29 is 0 Å². The van der Waals surface area contributed by atoms with E-state index in [1.54, 1.807) is 0 Å². The summed E-state index contributed by atoms with van der Waals surface area (Å²) in [4.78, 5) is 2.97. The summed E-state index contributed by atoms with van der Waals surface area (Å²) in [5.41, 5.74) is 2.28. The third-order valence-corrected chi connectivity index (χ3v) is 35.7. The molecule has 30 heavy (non-hydrogen) atoms. The van der Waals surface area contributed by atoms with Gasteiger partial charge in [-0.2, -0.15) is 0 Å². The molecule has 0 bridgehead atoms. The second-order valence-electron chi connectivity index (χ2n) is 9.26. The van der Waals surface area contributed by atoms with E-state index in [4.69, 9.17) is 0 Å². The third-order valence-electron chi connectivity index (χ3n) is 7.49. The molecule has 0 aliphatic heterocycles. The molecule has 1 rings (SSSR count). The van der Waals surface area contributed by atoms with Crippen LogP contribution in [0, 0.1) is 11.3 Å². The Morgan fingerprint density at radius 1 is 0.800 bits per heavy atom. The molecular weight excluding hydrogens is 530 g/mol. The van der Waals surface area contributed by atoms with Crippen LogP contribution in [0.3, 0.4) is 0 Å². The molecule has 1 aromatic rings. The Morgan fingerprint density at radius 3 is 1.57 bits per heavy atom. The number of nitriles is 1. The van der Waals surface area contributed by atoms with Crippen LogP contribution in [-0.2, 0) is 0 Å². The molecule has 0 heterocycles. The van der Waals surface area contributed by atoms with Crippen LogP contribution in [0.5, 0.6) is 0 Å². The Hall–Kier alpha value is -0.208. The maximum absolute atomic E-state index is 9.33. The number of hydrogen-bond acceptors (Lipinski definition) is 1. The predicted octanol–water partition coefficient (Wildman–Crippen LogP) is 9.38. The van der Waals surface area contributed by atoms with Gasteiger partial charge >= 0.3 is 196 Å². The summed E-state index contributed by atoms with van der Waals surface area (Å²) in [7, 11) is 0. The van der Waals surface area contributed by atoms with Gasteiger partial charge in [-0.15, -0.1) is 0 Å². The second kappa shape index (κ2) is 14.8. The zero-order valence-electron chi connectivity index (χ0n) is 20.8. The molecule has 0 N–H and O–H groups in total. The average Bonchev–Trinajstić information content (AvgIpc) is 2.80. The Kier molecular flexibility index (Phi) is 13.7. The van der Waals surface area contributed by atoms with E-state index in [1.165, 1.54) is 73.2 Å². The first-order valence-corrected chi connectivity index (χ1v) is 25.9. The van der Waals surface area contributed by atoms with E-state index in [-0.39, 0.29) is 0 Å². The standard InChI is InChI=1S/C15H20GeN.3C4H9.Sn/c1-4-16(5-2,6-3)12-11-14-7-9-15(13-17)10-8-14;3*1-3-4-2;/h7-10,12H,4-6H2,1-3H3;3*1,3-4H2,2H3;. The molecule has 0 aromatic heterocycles. The van der Waals surface area contributed by atoms with Gasteiger partial charge in [0.25, 0.3) is 0 Å². The Bertz CT molecular complexity index is 637. The van der Waals surface area contributed by atoms with Crippen molar-refractivity contribution in [3.8, 4) is 6.07 Å². The third kappa shape index (κ3) is 7.73. The molecule has 0 saturated heterocycles. The first kappa shape index (κ1) is 27.8. The van der Waals surface area contributed by atoms with Crippen LogP contribution in [0.15, 0.2) is 29.2 Å². The van der Waals surface area contributed by atoms with Crippen molar-refractivity contribution in [1.29, 1.82) is 5.26 Å². The monoisotopic (exact) mass is 579 g/mol. The molecule has 0 aliphatic rings. The molecule has 1 nitrogen and oxygen atoms in total. The zero-order chi connectivity index (χ0) is 22.5. The summed E-state index contributed by atoms with van der Waals surface area (Å²) in [6.45, 7) is 14.5. The van der Waals surface area contributed by atoms with E-state index in [2.05, 4.69) is 76.8 Å². The van der Waals surface area contributed by atoms with Crippen molar-refractivity contribution in [2.75, 3.05) is 0 Å². The van der Waals surface area contributed by atoms with Gasteiger partial charge in [0.05, 0.1) is 0 Å². The van der Waals surface area contributed by atoms with Gasteiger partial charge < -0.3 is 0 Å². The summed E-state index contributed by atoms with van der Waals surface area (Å²) >= 11 is -4.54. The van der Waals surface area contributed by atoms with Crippen molar-refractivity contribution >= 4 is 35.2 Å². The van der Waals surface area contributed by atoms with Crippen molar-refractivity contribution in [3.63, 3.8) is 0 Å². The normalized spacial score (nSPS) is 12.8. The van der Waals surface area contributed by atoms with E-state index in [1.807, 2.05) is 3.59 Å². The van der Waals surface area contributed by atoms with Crippen LogP contribution in [0.25, 0.3) is 3.59 Å². The van der Waals surface area contributed by atoms with Crippen LogP contribution < -0.4 is 0 Å². The predicted molar refractivity (Wildman–Crippen MR) is 141 cm³/mol. The van der Waals surface area contributed by atoms with Gasteiger partial charge in [-0.3, -0.25) is 0 Å². The van der Waals surface area contributed by atoms with Gasteiger partial charge in [-0.05, 0) is 0 Å². The molecule has 1 aromatic carbocycles. The first-order chi connectivity index (χ1) is 14.5. The topological polar surface area (TPSA) is 23.8 Å². The molecule has 0 saturated carbocycles. The van der Waals surface area contributed by atoms with Gasteiger partial charge in [0.15, 0.2) is 0 Å². The van der Waals surface area contributed by atoms with E-state index < -0.39 is 31.6 Å². The quantitative estimate of drug-likeness (QED) is 0.191. The Balaban J connectivity index is 3.72. The maximum atomic E-state index is 9.33. The summed E-state index contributed by atoms with van der Waals surface area (Å²) in [5.74, 6) is 0. The molecule has 0 spiro atoms. The molecule has 0 fully saturated rings. The van der Waals surface area contributed by atoms with Gasteiger partial charge in [0, 0.05) is 0 Å². The first-order valence-electron chi connectivity index (χ1n) is 12.7. The minimum atomic E-state index is -2.56. The van der Waals surface area contributed by atoms with Crippen LogP contribution in [-0.4, -0.2) is 31.6 Å². The number of benzene rings is 1. The second-order valence-corrected chi connectivity index (χ2v) is 33.2. The van der Waals surface area contributed by atoms with Crippen LogP contribution in [0.4, 0.5) is 0 Å². The van der Waals surface area contributed by atoms with Gasteiger partial charge in [0.1, 0.15) is 0 Å². The van der Waals surface area contributed by atoms with Crippen molar-refractivity contribution in [2.24, 2.45) is 0 Å². The molecule has 168 valence electrons. The van der Waals surface area contributed by atoms with E-state index in [9.17, 15) is 5.26 Å². The van der Waals surface area contributed by atoms with Crippen LogP contribution in [0.2, 0.25) is 29.1 Å². The zero-order valence-corrected chi connectivity index (χ0v) is 25.8. The molecule has 0 atom stereocenters. The van der Waals surface area contributed by atoms with Crippen LogP contribution >= 0.6 is 0 Å². The summed E-state index contributed by atoms with van der Waals surface area (Å²) in [5, 5.41) is 13.6. The molecule has 0 amide bonds. The summed E-state index contributed by atoms with van der Waals surface area (Å²) < 4.78 is 6.43. The van der Waals surface area contributed by atoms with Gasteiger partial charge in [0.2, 0.25) is 0 Å². The van der Waals surface area contributed by atoms with Crippen LogP contribution in [0.1, 0.15) is 91.2 Å². The molecule has 0 unspecified atom stereocenters. The van der Waals surface area contributed by atoms with E-state index in [0.29, 0.717) is 0 Å². The molecule has 0 radical (unpaired) electrons. The fraction of sp³-hybridized carbons (Fsp3) is 0.667. The SMILES string of the molecule is CCC[CH2][Sn]([CH2]CCC)([CH2]CCC)/[C](=[CH]/[Ge]([CH2]C)([CH2]C)[CH2]C)c1ccc(C#N)cc1. The number of nitrogens with zero attached hydrogens (tertiary/aromatic N) is 1. The number of unbranched alkanes of at least 4 members (excludes halogenated alkanes) is 3. The molecule has 3 heteroatoms.